The van der Waals surface area contributed by atoms with Crippen molar-refractivity contribution < 1.29 is 23.6 Å². The van der Waals surface area contributed by atoms with Gasteiger partial charge in [0.05, 0.1) is 5.69 Å². The van der Waals surface area contributed by atoms with Crippen LogP contribution in [0.4, 0.5) is 5.69 Å². The Balaban J connectivity index is 1.38. The van der Waals surface area contributed by atoms with Crippen molar-refractivity contribution in [3.63, 3.8) is 0 Å². The van der Waals surface area contributed by atoms with Gasteiger partial charge in [-0.15, -0.1) is 0 Å². The smallest absolute Gasteiger partial charge is 0.274 e. The summed E-state index contributed by atoms with van der Waals surface area (Å²) in [5.74, 6) is 0.507. The molecule has 0 aliphatic carbocycles. The summed E-state index contributed by atoms with van der Waals surface area (Å²) in [6.45, 7) is 0.474. The molecule has 0 fully saturated rings. The molecule has 1 atom stereocenters. The molecule has 3 aromatic rings. The second-order valence-electron chi connectivity index (χ2n) is 7.63. The highest BCUT2D eigenvalue weighted by molar-refractivity contribution is 7.98. The van der Waals surface area contributed by atoms with E-state index < -0.39 is 17.9 Å². The number of carbonyl (C=O) groups is 3. The third-order valence-electron chi connectivity index (χ3n) is 5.13. The molecule has 10 heteroatoms. The number of hydrogen-bond donors (Lipinski definition) is 3. The summed E-state index contributed by atoms with van der Waals surface area (Å²) in [5, 5.41) is 12.0. The highest BCUT2D eigenvalue weighted by Crippen LogP contribution is 2.28. The van der Waals surface area contributed by atoms with E-state index in [1.807, 2.05) is 36.6 Å². The number of benzene rings is 2. The number of carbonyl (C=O) groups excluding carboxylic acids is 3. The number of fused-ring (bicyclic) bond motifs is 1. The van der Waals surface area contributed by atoms with Gasteiger partial charge in [0, 0.05) is 30.3 Å². The van der Waals surface area contributed by atoms with Crippen LogP contribution in [0.15, 0.2) is 59.1 Å². The van der Waals surface area contributed by atoms with Gasteiger partial charge in [0.25, 0.3) is 17.7 Å². The zero-order chi connectivity index (χ0) is 23.9. The Morgan fingerprint density at radius 1 is 1.15 bits per heavy atom. The van der Waals surface area contributed by atoms with Crippen LogP contribution >= 0.6 is 11.8 Å². The Labute approximate surface area is 200 Å². The molecule has 0 radical (unpaired) electrons. The minimum Gasteiger partial charge on any atom is -0.489 e. The number of aromatic nitrogens is 1. The van der Waals surface area contributed by atoms with E-state index in [-0.39, 0.29) is 18.2 Å². The highest BCUT2D eigenvalue weighted by Gasteiger charge is 2.28. The van der Waals surface area contributed by atoms with E-state index in [0.29, 0.717) is 35.7 Å². The maximum atomic E-state index is 12.7. The van der Waals surface area contributed by atoms with E-state index in [4.69, 9.17) is 9.26 Å². The molecule has 3 amide bonds. The lowest BCUT2D eigenvalue weighted by molar-refractivity contribution is -0.118. The van der Waals surface area contributed by atoms with Gasteiger partial charge in [-0.25, -0.2) is 0 Å². The first-order valence-electron chi connectivity index (χ1n) is 10.7. The van der Waals surface area contributed by atoms with E-state index in [2.05, 4.69) is 21.1 Å². The van der Waals surface area contributed by atoms with Crippen molar-refractivity contribution in [3.8, 4) is 5.75 Å². The molecule has 176 valence electrons. The molecule has 0 saturated heterocycles. The molecule has 34 heavy (non-hydrogen) atoms. The Morgan fingerprint density at radius 2 is 1.97 bits per heavy atom. The monoisotopic (exact) mass is 480 g/mol. The molecular formula is C24H24N4O5S. The normalized spacial score (nSPS) is 14.9. The van der Waals surface area contributed by atoms with Crippen molar-refractivity contribution in [2.75, 3.05) is 30.5 Å². The summed E-state index contributed by atoms with van der Waals surface area (Å²) < 4.78 is 11.0. The number of ether oxygens (including phenoxy) is 1. The van der Waals surface area contributed by atoms with Crippen molar-refractivity contribution >= 4 is 35.2 Å². The van der Waals surface area contributed by atoms with Crippen LogP contribution in [0.25, 0.3) is 0 Å². The molecule has 1 aromatic heterocycles. The summed E-state index contributed by atoms with van der Waals surface area (Å²) in [7, 11) is 0. The van der Waals surface area contributed by atoms with Gasteiger partial charge >= 0.3 is 0 Å². The van der Waals surface area contributed by atoms with Crippen molar-refractivity contribution in [1.82, 2.24) is 15.8 Å². The fourth-order valence-corrected chi connectivity index (χ4v) is 3.68. The van der Waals surface area contributed by atoms with Gasteiger partial charge < -0.3 is 25.2 Å². The van der Waals surface area contributed by atoms with Crippen LogP contribution in [0, 0.1) is 0 Å². The largest absolute Gasteiger partial charge is 0.489 e. The SMILES string of the molecule is CSCCNC(=O)c1ccc2c(c1)NC(=O)[C@@H](NC(=O)c1cc(Cc3ccccc3)on1)CO2. The van der Waals surface area contributed by atoms with Crippen molar-refractivity contribution in [1.29, 1.82) is 0 Å². The van der Waals surface area contributed by atoms with Crippen molar-refractivity contribution in [2.24, 2.45) is 0 Å². The highest BCUT2D eigenvalue weighted by atomic mass is 32.2. The predicted molar refractivity (Wildman–Crippen MR) is 128 cm³/mol. The number of thioether (sulfide) groups is 1. The zero-order valence-corrected chi connectivity index (χ0v) is 19.3. The Bertz CT molecular complexity index is 1180. The maximum absolute atomic E-state index is 12.7. The lowest BCUT2D eigenvalue weighted by Crippen LogP contribution is -2.46. The molecule has 2 aromatic carbocycles. The minimum absolute atomic E-state index is 0.0709. The molecule has 9 nitrogen and oxygen atoms in total. The number of nitrogens with one attached hydrogen (secondary N) is 3. The molecule has 0 bridgehead atoms. The lowest BCUT2D eigenvalue weighted by atomic mass is 10.1. The molecule has 4 rings (SSSR count). The van der Waals surface area contributed by atoms with Crippen molar-refractivity contribution in [3.05, 3.63) is 77.2 Å². The van der Waals surface area contributed by atoms with E-state index in [1.54, 1.807) is 36.0 Å². The summed E-state index contributed by atoms with van der Waals surface area (Å²) in [5.41, 5.74) is 1.87. The molecule has 1 aliphatic rings. The molecule has 0 saturated carbocycles. The number of amides is 3. The number of nitrogens with zero attached hydrogens (tertiary/aromatic N) is 1. The van der Waals surface area contributed by atoms with Gasteiger partial charge in [-0.1, -0.05) is 35.5 Å². The maximum Gasteiger partial charge on any atom is 0.274 e. The quantitative estimate of drug-likeness (QED) is 0.423. The molecule has 2 heterocycles. The van der Waals surface area contributed by atoms with Crippen LogP contribution in [0.1, 0.15) is 32.2 Å². The summed E-state index contributed by atoms with van der Waals surface area (Å²) in [6.07, 6.45) is 2.46. The standard InChI is InChI=1S/C24H24N4O5S/c1-34-10-9-25-22(29)16-7-8-21-18(12-16)26-24(31)20(14-32-21)27-23(30)19-13-17(33-28-19)11-15-5-3-2-4-6-15/h2-8,12-13,20H,9-11,14H2,1H3,(H,25,29)(H,26,31)(H,27,30)/t20-/m0/s1. The summed E-state index contributed by atoms with van der Waals surface area (Å²) >= 11 is 1.63. The van der Waals surface area contributed by atoms with Crippen molar-refractivity contribution in [2.45, 2.75) is 12.5 Å². The molecule has 0 unspecified atom stereocenters. The van der Waals surface area contributed by atoms with Gasteiger partial charge in [-0.3, -0.25) is 14.4 Å². The molecule has 0 spiro atoms. The van der Waals surface area contributed by atoms with E-state index in [0.717, 1.165) is 11.3 Å². The minimum atomic E-state index is -0.951. The second kappa shape index (κ2) is 10.9. The van der Waals surface area contributed by atoms with E-state index in [1.165, 1.54) is 0 Å². The van der Waals surface area contributed by atoms with Crippen LogP contribution in [-0.4, -0.2) is 54.1 Å². The van der Waals surface area contributed by atoms with E-state index >= 15 is 0 Å². The van der Waals surface area contributed by atoms with Gasteiger partial charge in [-0.2, -0.15) is 11.8 Å². The van der Waals surface area contributed by atoms with Gasteiger partial charge in [0.1, 0.15) is 24.2 Å². The van der Waals surface area contributed by atoms with Gasteiger partial charge in [0.15, 0.2) is 5.69 Å². The lowest BCUT2D eigenvalue weighted by Gasteiger charge is -2.13. The topological polar surface area (TPSA) is 123 Å². The van der Waals surface area contributed by atoms with E-state index in [9.17, 15) is 14.4 Å². The summed E-state index contributed by atoms with van der Waals surface area (Å²) in [6, 6.07) is 15.1. The van der Waals surface area contributed by atoms with Crippen LogP contribution in [-0.2, 0) is 11.2 Å². The fourth-order valence-electron chi connectivity index (χ4n) is 3.37. The second-order valence-corrected chi connectivity index (χ2v) is 8.61. The third-order valence-corrected chi connectivity index (χ3v) is 5.74. The average molecular weight is 481 g/mol. The Kier molecular flexibility index (Phi) is 7.48. The number of hydrogen-bond acceptors (Lipinski definition) is 7. The zero-order valence-electron chi connectivity index (χ0n) is 18.5. The summed E-state index contributed by atoms with van der Waals surface area (Å²) in [4.78, 5) is 37.7. The third kappa shape index (κ3) is 5.76. The molecular weight excluding hydrogens is 456 g/mol. The number of rotatable bonds is 8. The van der Waals surface area contributed by atoms with Crippen LogP contribution in [0.2, 0.25) is 0 Å². The first-order valence-corrected chi connectivity index (χ1v) is 12.1. The number of anilines is 1. The van der Waals surface area contributed by atoms with Gasteiger partial charge in [-0.05, 0) is 30.0 Å². The average Bonchev–Trinajstić information content (AvgIpc) is 3.25. The fraction of sp³-hybridized carbons (Fsp3) is 0.250. The van der Waals surface area contributed by atoms with Gasteiger partial charge in [0.2, 0.25) is 0 Å². The first-order chi connectivity index (χ1) is 16.5. The molecule has 3 N–H and O–H groups in total. The first kappa shape index (κ1) is 23.4. The Morgan fingerprint density at radius 3 is 2.76 bits per heavy atom. The van der Waals surface area contributed by atoms with Crippen LogP contribution in [0.5, 0.6) is 5.75 Å². The van der Waals surface area contributed by atoms with Crippen LogP contribution in [0.3, 0.4) is 0 Å². The predicted octanol–water partition coefficient (Wildman–Crippen LogP) is 2.49. The van der Waals surface area contributed by atoms with Crippen LogP contribution < -0.4 is 20.7 Å². The molecule has 1 aliphatic heterocycles. The Hall–Kier alpha value is -3.79.